The van der Waals surface area contributed by atoms with Gasteiger partial charge in [-0.15, -0.1) is 0 Å². The van der Waals surface area contributed by atoms with E-state index in [2.05, 4.69) is 34.6 Å². The molecule has 0 unspecified atom stereocenters. The molecule has 0 spiro atoms. The average molecular weight is 303 g/mol. The first-order valence-electron chi connectivity index (χ1n) is 6.43. The molecule has 106 valence electrons. The Morgan fingerprint density at radius 3 is 2.37 bits per heavy atom. The predicted octanol–water partition coefficient (Wildman–Crippen LogP) is 3.33. The number of likely N-dealkylation sites (N-methyl/N-ethyl adjacent to an activating group) is 1. The topological polar surface area (TPSA) is 40.2 Å². The molecule has 0 aromatic carbocycles. The van der Waals surface area contributed by atoms with E-state index < -0.39 is 0 Å². The minimum Gasteiger partial charge on any atom is -0.372 e. The van der Waals surface area contributed by atoms with E-state index in [9.17, 15) is 0 Å². The molecule has 2 N–H and O–H groups in total. The van der Waals surface area contributed by atoms with Crippen molar-refractivity contribution in [2.45, 2.75) is 24.8 Å². The first-order chi connectivity index (χ1) is 8.98. The molecule has 4 nitrogen and oxygen atoms in total. The van der Waals surface area contributed by atoms with Crippen molar-refractivity contribution in [2.24, 2.45) is 0 Å². The minimum absolute atomic E-state index is 0.227. The third-order valence-electron chi connectivity index (χ3n) is 3.98. The van der Waals surface area contributed by atoms with Gasteiger partial charge in [-0.3, -0.25) is 0 Å². The summed E-state index contributed by atoms with van der Waals surface area (Å²) in [6, 6.07) is 1.72. The van der Waals surface area contributed by atoms with Gasteiger partial charge >= 0.3 is 0 Å². The molecule has 6 heteroatoms. The monoisotopic (exact) mass is 302 g/mol. The molecule has 0 amide bonds. The highest BCUT2D eigenvalue weighted by Gasteiger charge is 2.38. The standard InChI is InChI=1S/C13H20Cl2N4/c1-16-11-9(14)7-10(15)12(18-11)17-8-13(19(2)3)5-4-6-13/h7H,4-6,8H2,1-3H3,(H2,16,17,18). The summed E-state index contributed by atoms with van der Waals surface area (Å²) >= 11 is 12.2. The largest absolute Gasteiger partial charge is 0.372 e. The van der Waals surface area contributed by atoms with Crippen molar-refractivity contribution in [1.29, 1.82) is 0 Å². The van der Waals surface area contributed by atoms with Crippen LogP contribution in [0, 0.1) is 0 Å². The number of nitrogens with one attached hydrogen (secondary N) is 2. The summed E-state index contributed by atoms with van der Waals surface area (Å²) in [7, 11) is 6.03. The lowest BCUT2D eigenvalue weighted by molar-refractivity contribution is 0.0738. The molecular weight excluding hydrogens is 283 g/mol. The molecule has 0 bridgehead atoms. The summed E-state index contributed by atoms with van der Waals surface area (Å²) in [5.74, 6) is 1.32. The van der Waals surface area contributed by atoms with Crippen LogP contribution in [0.15, 0.2) is 6.07 Å². The molecule has 1 heterocycles. The summed E-state index contributed by atoms with van der Waals surface area (Å²) in [5.41, 5.74) is 0.227. The van der Waals surface area contributed by atoms with E-state index in [0.29, 0.717) is 21.7 Å². The highest BCUT2D eigenvalue weighted by molar-refractivity contribution is 6.37. The zero-order chi connectivity index (χ0) is 14.0. The molecule has 0 radical (unpaired) electrons. The fourth-order valence-electron chi connectivity index (χ4n) is 2.38. The number of hydrogen-bond donors (Lipinski definition) is 2. The van der Waals surface area contributed by atoms with Gasteiger partial charge in [0.25, 0.3) is 0 Å². The number of nitrogens with zero attached hydrogens (tertiary/aromatic N) is 2. The smallest absolute Gasteiger partial charge is 0.147 e. The zero-order valence-corrected chi connectivity index (χ0v) is 13.1. The van der Waals surface area contributed by atoms with E-state index in [4.69, 9.17) is 23.2 Å². The summed E-state index contributed by atoms with van der Waals surface area (Å²) in [6.45, 7) is 0.845. The normalized spacial score (nSPS) is 17.2. The average Bonchev–Trinajstić information content (AvgIpc) is 2.29. The van der Waals surface area contributed by atoms with Crippen molar-refractivity contribution in [1.82, 2.24) is 9.88 Å². The van der Waals surface area contributed by atoms with Crippen molar-refractivity contribution in [3.05, 3.63) is 16.1 Å². The highest BCUT2D eigenvalue weighted by Crippen LogP contribution is 2.37. The van der Waals surface area contributed by atoms with Crippen LogP contribution in [0.4, 0.5) is 11.6 Å². The van der Waals surface area contributed by atoms with Crippen LogP contribution in [0.25, 0.3) is 0 Å². The Balaban J connectivity index is 2.11. The van der Waals surface area contributed by atoms with Gasteiger partial charge in [0.15, 0.2) is 0 Å². The summed E-state index contributed by atoms with van der Waals surface area (Å²) in [4.78, 5) is 6.69. The molecule has 1 aromatic rings. The fourth-order valence-corrected chi connectivity index (χ4v) is 2.90. The second kappa shape index (κ2) is 5.73. The molecule has 1 fully saturated rings. The molecule has 2 rings (SSSR count). The van der Waals surface area contributed by atoms with Gasteiger partial charge in [-0.2, -0.15) is 0 Å². The summed E-state index contributed by atoms with van der Waals surface area (Å²) < 4.78 is 0. The predicted molar refractivity (Wildman–Crippen MR) is 82.6 cm³/mol. The third-order valence-corrected chi connectivity index (χ3v) is 4.56. The highest BCUT2D eigenvalue weighted by atomic mass is 35.5. The van der Waals surface area contributed by atoms with Crippen LogP contribution in [0.2, 0.25) is 10.0 Å². The van der Waals surface area contributed by atoms with Crippen molar-refractivity contribution in [3.63, 3.8) is 0 Å². The van der Waals surface area contributed by atoms with E-state index in [0.717, 1.165) is 6.54 Å². The van der Waals surface area contributed by atoms with Gasteiger partial charge in [0.1, 0.15) is 11.6 Å². The Morgan fingerprint density at radius 2 is 1.89 bits per heavy atom. The Hall–Kier alpha value is -0.710. The molecule has 1 aliphatic carbocycles. The van der Waals surface area contributed by atoms with Gasteiger partial charge in [-0.1, -0.05) is 23.2 Å². The third kappa shape index (κ3) is 2.91. The van der Waals surface area contributed by atoms with Crippen molar-refractivity contribution in [3.8, 4) is 0 Å². The quantitative estimate of drug-likeness (QED) is 0.875. The molecular formula is C13H20Cl2N4. The second-order valence-electron chi connectivity index (χ2n) is 5.23. The maximum absolute atomic E-state index is 6.18. The van der Waals surface area contributed by atoms with Gasteiger partial charge in [-0.05, 0) is 39.4 Å². The molecule has 1 aromatic heterocycles. The molecule has 1 saturated carbocycles. The van der Waals surface area contributed by atoms with Gasteiger partial charge < -0.3 is 15.5 Å². The minimum atomic E-state index is 0.227. The van der Waals surface area contributed by atoms with E-state index >= 15 is 0 Å². The van der Waals surface area contributed by atoms with Crippen LogP contribution in [0.1, 0.15) is 19.3 Å². The van der Waals surface area contributed by atoms with Crippen LogP contribution < -0.4 is 10.6 Å². The van der Waals surface area contributed by atoms with Crippen LogP contribution in [0.5, 0.6) is 0 Å². The Morgan fingerprint density at radius 1 is 1.26 bits per heavy atom. The first kappa shape index (κ1) is 14.7. The van der Waals surface area contributed by atoms with Crippen LogP contribution in [-0.4, -0.2) is 43.1 Å². The van der Waals surface area contributed by atoms with Crippen LogP contribution >= 0.6 is 23.2 Å². The lowest BCUT2D eigenvalue weighted by atomic mass is 9.75. The van der Waals surface area contributed by atoms with Crippen LogP contribution in [0.3, 0.4) is 0 Å². The second-order valence-corrected chi connectivity index (χ2v) is 6.04. The Labute approximate surface area is 124 Å². The first-order valence-corrected chi connectivity index (χ1v) is 7.19. The van der Waals surface area contributed by atoms with Crippen molar-refractivity contribution >= 4 is 34.8 Å². The number of hydrogen-bond acceptors (Lipinski definition) is 4. The van der Waals surface area contributed by atoms with Gasteiger partial charge in [-0.25, -0.2) is 4.98 Å². The lowest BCUT2D eigenvalue weighted by Crippen LogP contribution is -2.54. The molecule has 0 saturated heterocycles. The van der Waals surface area contributed by atoms with Crippen molar-refractivity contribution in [2.75, 3.05) is 38.3 Å². The number of halogens is 2. The number of anilines is 2. The zero-order valence-electron chi connectivity index (χ0n) is 11.6. The number of pyridine rings is 1. The molecule has 1 aliphatic rings. The lowest BCUT2D eigenvalue weighted by Gasteiger charge is -2.47. The number of rotatable bonds is 5. The fraction of sp³-hybridized carbons (Fsp3) is 0.615. The Kier molecular flexibility index (Phi) is 4.43. The van der Waals surface area contributed by atoms with Gasteiger partial charge in [0.05, 0.1) is 10.0 Å². The van der Waals surface area contributed by atoms with E-state index in [1.165, 1.54) is 19.3 Å². The Bertz CT molecular complexity index is 458. The van der Waals surface area contributed by atoms with Gasteiger partial charge in [0.2, 0.25) is 0 Å². The van der Waals surface area contributed by atoms with E-state index in [1.807, 2.05) is 0 Å². The van der Waals surface area contributed by atoms with Crippen LogP contribution in [-0.2, 0) is 0 Å². The SMILES string of the molecule is CNc1nc(NCC2(N(C)C)CCC2)c(Cl)cc1Cl. The molecule has 0 atom stereocenters. The van der Waals surface area contributed by atoms with E-state index in [-0.39, 0.29) is 5.54 Å². The maximum Gasteiger partial charge on any atom is 0.147 e. The molecule has 19 heavy (non-hydrogen) atoms. The van der Waals surface area contributed by atoms with Gasteiger partial charge in [0, 0.05) is 19.1 Å². The van der Waals surface area contributed by atoms with E-state index in [1.54, 1.807) is 13.1 Å². The summed E-state index contributed by atoms with van der Waals surface area (Å²) in [5, 5.41) is 7.40. The summed E-state index contributed by atoms with van der Waals surface area (Å²) in [6.07, 6.45) is 3.69. The van der Waals surface area contributed by atoms with Crippen molar-refractivity contribution < 1.29 is 0 Å². The number of aromatic nitrogens is 1. The molecule has 0 aliphatic heterocycles. The maximum atomic E-state index is 6.18.